The van der Waals surface area contributed by atoms with Crippen molar-refractivity contribution in [2.45, 2.75) is 72.4 Å². The quantitative estimate of drug-likeness (QED) is 0.399. The summed E-state index contributed by atoms with van der Waals surface area (Å²) < 4.78 is 2.03. The first kappa shape index (κ1) is 22.4. The summed E-state index contributed by atoms with van der Waals surface area (Å²) in [4.78, 5) is 13.4. The Kier molecular flexibility index (Phi) is 6.48. The van der Waals surface area contributed by atoms with E-state index in [9.17, 15) is 4.79 Å². The molecule has 3 saturated carbocycles. The predicted molar refractivity (Wildman–Crippen MR) is 127 cm³/mol. The van der Waals surface area contributed by atoms with Crippen molar-refractivity contribution >= 4 is 17.5 Å². The topological polar surface area (TPSA) is 46.9 Å². The molecule has 0 aliphatic heterocycles. The van der Waals surface area contributed by atoms with Crippen molar-refractivity contribution in [3.05, 3.63) is 41.6 Å². The highest BCUT2D eigenvalue weighted by atomic mass is 35.5. The number of fused-ring (bicyclic) bond motifs is 2. The van der Waals surface area contributed by atoms with E-state index in [1.54, 1.807) is 0 Å². The van der Waals surface area contributed by atoms with Crippen LogP contribution in [0.3, 0.4) is 0 Å². The molecule has 5 rings (SSSR count). The zero-order valence-corrected chi connectivity index (χ0v) is 20.1. The summed E-state index contributed by atoms with van der Waals surface area (Å²) >= 11 is 5.84. The van der Waals surface area contributed by atoms with E-state index in [4.69, 9.17) is 16.7 Å². The Labute approximate surface area is 191 Å². The van der Waals surface area contributed by atoms with Crippen LogP contribution < -0.4 is 5.32 Å². The second-order valence-corrected chi connectivity index (χ2v) is 10.6. The third kappa shape index (κ3) is 4.16. The standard InChI is InChI=1S/C26H36ClN3O/c1-17-15-22(21-16-20(17)26(21,3)4)28-25(31)23-18(2)24(19-11-7-5-8-12-19)30(29-23)14-10-6-9-13-27/h5,7-8,11-12,17,20-22H,6,9-10,13-16H2,1-4H3,(H,28,31). The normalized spacial score (nSPS) is 26.4. The number of nitrogens with one attached hydrogen (secondary N) is 1. The third-order valence-electron chi connectivity index (χ3n) is 7.99. The van der Waals surface area contributed by atoms with Crippen molar-refractivity contribution in [3.8, 4) is 11.3 Å². The first-order valence-corrected chi connectivity index (χ1v) is 12.4. The number of benzene rings is 1. The van der Waals surface area contributed by atoms with Crippen LogP contribution in [-0.4, -0.2) is 27.6 Å². The smallest absolute Gasteiger partial charge is 0.272 e. The highest BCUT2D eigenvalue weighted by Gasteiger charge is 2.57. The summed E-state index contributed by atoms with van der Waals surface area (Å²) in [5, 5.41) is 8.20. The number of aryl methyl sites for hydroxylation is 1. The molecule has 1 amide bonds. The molecule has 0 spiro atoms. The van der Waals surface area contributed by atoms with Gasteiger partial charge in [-0.25, -0.2) is 0 Å². The zero-order chi connectivity index (χ0) is 22.2. The Hall–Kier alpha value is -1.81. The molecule has 0 saturated heterocycles. The second kappa shape index (κ2) is 8.97. The molecule has 5 heteroatoms. The maximum Gasteiger partial charge on any atom is 0.272 e. The number of hydrogen-bond acceptors (Lipinski definition) is 2. The molecule has 31 heavy (non-hydrogen) atoms. The van der Waals surface area contributed by atoms with Gasteiger partial charge in [-0.2, -0.15) is 5.10 Å². The van der Waals surface area contributed by atoms with Gasteiger partial charge < -0.3 is 5.32 Å². The number of nitrogens with zero attached hydrogens (tertiary/aromatic N) is 2. The fourth-order valence-corrected chi connectivity index (χ4v) is 6.38. The number of halogens is 1. The van der Waals surface area contributed by atoms with Crippen molar-refractivity contribution < 1.29 is 4.79 Å². The summed E-state index contributed by atoms with van der Waals surface area (Å²) in [6.07, 6.45) is 5.40. The van der Waals surface area contributed by atoms with Crippen molar-refractivity contribution in [2.24, 2.45) is 23.2 Å². The summed E-state index contributed by atoms with van der Waals surface area (Å²) in [7, 11) is 0. The largest absolute Gasteiger partial charge is 0.348 e. The Morgan fingerprint density at radius 2 is 1.90 bits per heavy atom. The molecular weight excluding hydrogens is 406 g/mol. The van der Waals surface area contributed by atoms with E-state index < -0.39 is 0 Å². The molecule has 0 radical (unpaired) electrons. The summed E-state index contributed by atoms with van der Waals surface area (Å²) in [6.45, 7) is 9.92. The van der Waals surface area contributed by atoms with Crippen molar-refractivity contribution in [3.63, 3.8) is 0 Å². The van der Waals surface area contributed by atoms with Crippen LogP contribution in [0.4, 0.5) is 0 Å². The van der Waals surface area contributed by atoms with E-state index in [1.165, 1.54) is 6.42 Å². The van der Waals surface area contributed by atoms with Crippen molar-refractivity contribution in [1.82, 2.24) is 15.1 Å². The van der Waals surface area contributed by atoms with Crippen LogP contribution in [0.15, 0.2) is 30.3 Å². The van der Waals surface area contributed by atoms with Gasteiger partial charge in [0.05, 0.1) is 5.69 Å². The average Bonchev–Trinajstić information content (AvgIpc) is 3.07. The van der Waals surface area contributed by atoms with Crippen molar-refractivity contribution in [2.75, 3.05) is 5.88 Å². The lowest BCUT2D eigenvalue weighted by molar-refractivity contribution is -0.117. The van der Waals surface area contributed by atoms with Gasteiger partial charge in [0, 0.05) is 29.6 Å². The maximum atomic E-state index is 13.4. The Morgan fingerprint density at radius 3 is 2.55 bits per heavy atom. The van der Waals surface area contributed by atoms with E-state index in [0.717, 1.165) is 55.0 Å². The lowest BCUT2D eigenvalue weighted by atomic mass is 9.44. The zero-order valence-electron chi connectivity index (χ0n) is 19.3. The van der Waals surface area contributed by atoms with Crippen LogP contribution >= 0.6 is 11.6 Å². The molecule has 3 aliphatic carbocycles. The number of rotatable bonds is 8. The number of carbonyl (C=O) groups excluding carboxylic acids is 1. The molecule has 3 fully saturated rings. The molecule has 1 heterocycles. The van der Waals surface area contributed by atoms with Gasteiger partial charge in [0.25, 0.3) is 5.91 Å². The van der Waals surface area contributed by atoms with E-state index in [1.807, 2.05) is 29.8 Å². The lowest BCUT2D eigenvalue weighted by Crippen LogP contribution is -2.62. The summed E-state index contributed by atoms with van der Waals surface area (Å²) in [5.74, 6) is 2.70. The van der Waals surface area contributed by atoms with E-state index in [0.29, 0.717) is 28.8 Å². The number of alkyl halides is 1. The first-order chi connectivity index (χ1) is 14.8. The van der Waals surface area contributed by atoms with Gasteiger partial charge >= 0.3 is 0 Å². The van der Waals surface area contributed by atoms with Gasteiger partial charge in [-0.05, 0) is 55.8 Å². The van der Waals surface area contributed by atoms with Crippen LogP contribution in [0.5, 0.6) is 0 Å². The minimum absolute atomic E-state index is 0.0208. The van der Waals surface area contributed by atoms with Crippen molar-refractivity contribution in [1.29, 1.82) is 0 Å². The van der Waals surface area contributed by atoms with Crippen LogP contribution in [0.1, 0.15) is 68.9 Å². The van der Waals surface area contributed by atoms with Gasteiger partial charge in [0.1, 0.15) is 0 Å². The highest BCUT2D eigenvalue weighted by molar-refractivity contribution is 6.17. The fourth-order valence-electron chi connectivity index (χ4n) is 6.19. The molecule has 4 unspecified atom stereocenters. The molecule has 168 valence electrons. The number of hydrogen-bond donors (Lipinski definition) is 1. The fraction of sp³-hybridized carbons (Fsp3) is 0.615. The Bertz CT molecular complexity index is 920. The van der Waals surface area contributed by atoms with Crippen LogP contribution in [0.25, 0.3) is 11.3 Å². The SMILES string of the molecule is Cc1c(C(=O)NC2CC(C)C3CC2C3(C)C)nn(CCCCCCl)c1-c1ccccc1. The first-order valence-electron chi connectivity index (χ1n) is 11.8. The van der Waals surface area contributed by atoms with Gasteiger partial charge in [-0.3, -0.25) is 9.48 Å². The molecule has 4 atom stereocenters. The van der Waals surface area contributed by atoms with Gasteiger partial charge in [0.15, 0.2) is 5.69 Å². The van der Waals surface area contributed by atoms with Crippen LogP contribution in [0, 0.1) is 30.1 Å². The van der Waals surface area contributed by atoms with Gasteiger partial charge in [-0.15, -0.1) is 11.6 Å². The molecule has 2 aromatic rings. The highest BCUT2D eigenvalue weighted by Crippen LogP contribution is 2.61. The maximum absolute atomic E-state index is 13.4. The van der Waals surface area contributed by atoms with Gasteiger partial charge in [0.2, 0.25) is 0 Å². The summed E-state index contributed by atoms with van der Waals surface area (Å²) in [6, 6.07) is 10.5. The van der Waals surface area contributed by atoms with E-state index in [-0.39, 0.29) is 11.9 Å². The minimum atomic E-state index is -0.0208. The molecular formula is C26H36ClN3O. The van der Waals surface area contributed by atoms with Crippen LogP contribution in [-0.2, 0) is 6.54 Å². The minimum Gasteiger partial charge on any atom is -0.348 e. The number of carbonyl (C=O) groups is 1. The molecule has 1 aromatic heterocycles. The molecule has 1 aromatic carbocycles. The predicted octanol–water partition coefficient (Wildman–Crippen LogP) is 6.07. The Balaban J connectivity index is 1.57. The Morgan fingerprint density at radius 1 is 1.16 bits per heavy atom. The second-order valence-electron chi connectivity index (χ2n) is 10.2. The molecule has 1 N–H and O–H groups in total. The van der Waals surface area contributed by atoms with E-state index in [2.05, 4.69) is 38.2 Å². The summed E-state index contributed by atoms with van der Waals surface area (Å²) in [5.41, 5.74) is 4.02. The van der Waals surface area contributed by atoms with Gasteiger partial charge in [-0.1, -0.05) is 57.5 Å². The number of amides is 1. The third-order valence-corrected chi connectivity index (χ3v) is 8.26. The molecule has 2 bridgehead atoms. The molecule has 4 nitrogen and oxygen atoms in total. The average molecular weight is 442 g/mol. The van der Waals surface area contributed by atoms with E-state index >= 15 is 0 Å². The molecule has 3 aliphatic rings. The lowest BCUT2D eigenvalue weighted by Gasteiger charge is -2.62. The monoisotopic (exact) mass is 441 g/mol. The number of unbranched alkanes of at least 4 members (excludes halogenated alkanes) is 2. The number of aromatic nitrogens is 2. The van der Waals surface area contributed by atoms with Crippen LogP contribution in [0.2, 0.25) is 0 Å².